The number of H-pyrrole nitrogens is 2. The van der Waals surface area contributed by atoms with Crippen LogP contribution in [0.1, 0.15) is 11.4 Å². The lowest BCUT2D eigenvalue weighted by Gasteiger charge is -1.94. The second-order valence-electron chi connectivity index (χ2n) is 2.69. The van der Waals surface area contributed by atoms with Gasteiger partial charge in [-0.05, 0) is 6.92 Å². The molecule has 0 radical (unpaired) electrons. The first-order chi connectivity index (χ1) is 6.22. The molecule has 2 heterocycles. The maximum atomic E-state index is 8.76. The van der Waals surface area contributed by atoms with Gasteiger partial charge in [-0.2, -0.15) is 5.26 Å². The van der Waals surface area contributed by atoms with E-state index in [1.54, 1.807) is 6.20 Å². The molecule has 2 aromatic rings. The molecule has 0 atom stereocenters. The van der Waals surface area contributed by atoms with Gasteiger partial charge in [0.25, 0.3) is 0 Å². The number of nitrogens with zero attached hydrogens (tertiary/aromatic N) is 2. The summed E-state index contributed by atoms with van der Waals surface area (Å²) in [6, 6.07) is 2.07. The number of fused-ring (bicyclic) bond motifs is 1. The van der Waals surface area contributed by atoms with E-state index in [4.69, 9.17) is 17.5 Å². The van der Waals surface area contributed by atoms with Gasteiger partial charge in [-0.1, -0.05) is 12.2 Å². The molecule has 0 saturated carbocycles. The number of aryl methyl sites for hydroxylation is 1. The Balaban J connectivity index is 3.00. The fourth-order valence-corrected chi connectivity index (χ4v) is 1.53. The summed E-state index contributed by atoms with van der Waals surface area (Å²) in [5.41, 5.74) is 2.02. The number of hydrogen-bond acceptors (Lipinski definition) is 3. The van der Waals surface area contributed by atoms with Crippen LogP contribution in [-0.2, 0) is 0 Å². The maximum absolute atomic E-state index is 8.76. The van der Waals surface area contributed by atoms with Gasteiger partial charge in [-0.3, -0.25) is 0 Å². The van der Waals surface area contributed by atoms with Crippen LogP contribution >= 0.6 is 12.2 Å². The number of aromatic nitrogens is 3. The van der Waals surface area contributed by atoms with Crippen molar-refractivity contribution in [2.24, 2.45) is 0 Å². The summed E-state index contributed by atoms with van der Waals surface area (Å²) < 4.78 is 0.493. The van der Waals surface area contributed by atoms with Gasteiger partial charge in [0.1, 0.15) is 17.4 Å². The van der Waals surface area contributed by atoms with Crippen LogP contribution in [0.5, 0.6) is 0 Å². The van der Waals surface area contributed by atoms with Gasteiger partial charge in [0, 0.05) is 6.20 Å². The topological polar surface area (TPSA) is 68.3 Å². The van der Waals surface area contributed by atoms with Gasteiger partial charge < -0.3 is 9.97 Å². The largest absolute Gasteiger partial charge is 0.356 e. The Morgan fingerprint density at radius 2 is 2.31 bits per heavy atom. The van der Waals surface area contributed by atoms with E-state index in [2.05, 4.69) is 21.0 Å². The highest BCUT2D eigenvalue weighted by atomic mass is 32.1. The number of rotatable bonds is 0. The van der Waals surface area contributed by atoms with Crippen LogP contribution in [0.15, 0.2) is 6.20 Å². The number of aromatic amines is 2. The highest BCUT2D eigenvalue weighted by Crippen LogP contribution is 2.14. The van der Waals surface area contributed by atoms with Gasteiger partial charge in [-0.15, -0.1) is 0 Å². The summed E-state index contributed by atoms with van der Waals surface area (Å²) >= 11 is 5.03. The third kappa shape index (κ3) is 1.12. The third-order valence-corrected chi connectivity index (χ3v) is 2.09. The van der Waals surface area contributed by atoms with E-state index in [9.17, 15) is 0 Å². The molecular weight excluding hydrogens is 184 g/mol. The molecule has 64 valence electrons. The smallest absolute Gasteiger partial charge is 0.153 e. The SMILES string of the molecule is Cc1nc(=S)c2[nH]cc(C#N)c2[nH]1. The predicted molar refractivity (Wildman–Crippen MR) is 50.7 cm³/mol. The summed E-state index contributed by atoms with van der Waals surface area (Å²) in [7, 11) is 0. The van der Waals surface area contributed by atoms with Crippen molar-refractivity contribution in [3.8, 4) is 6.07 Å². The van der Waals surface area contributed by atoms with Crippen LogP contribution in [-0.4, -0.2) is 15.0 Å². The Hall–Kier alpha value is -1.67. The predicted octanol–water partition coefficient (Wildman–Crippen LogP) is 1.80. The quantitative estimate of drug-likeness (QED) is 0.622. The monoisotopic (exact) mass is 190 g/mol. The first-order valence-corrected chi connectivity index (χ1v) is 4.11. The molecular formula is C8H6N4S. The van der Waals surface area contributed by atoms with E-state index in [1.165, 1.54) is 0 Å². The normalized spacial score (nSPS) is 10.2. The lowest BCUT2D eigenvalue weighted by molar-refractivity contribution is 1.08. The van der Waals surface area contributed by atoms with Crippen molar-refractivity contribution in [2.75, 3.05) is 0 Å². The van der Waals surface area contributed by atoms with Crippen LogP contribution in [0.25, 0.3) is 11.0 Å². The minimum Gasteiger partial charge on any atom is -0.356 e. The van der Waals surface area contributed by atoms with Gasteiger partial charge in [-0.25, -0.2) is 4.98 Å². The minimum atomic E-state index is 0.493. The molecule has 13 heavy (non-hydrogen) atoms. The molecule has 0 aliphatic carbocycles. The van der Waals surface area contributed by atoms with Gasteiger partial charge in [0.05, 0.1) is 11.1 Å². The molecule has 2 aromatic heterocycles. The Labute approximate surface area is 79.2 Å². The Kier molecular flexibility index (Phi) is 1.64. The van der Waals surface area contributed by atoms with Crippen molar-refractivity contribution in [3.63, 3.8) is 0 Å². The van der Waals surface area contributed by atoms with E-state index in [0.29, 0.717) is 16.0 Å². The number of nitrogens with one attached hydrogen (secondary N) is 2. The lowest BCUT2D eigenvalue weighted by atomic mass is 10.3. The summed E-state index contributed by atoms with van der Waals surface area (Å²) in [4.78, 5) is 9.98. The summed E-state index contributed by atoms with van der Waals surface area (Å²) in [6.45, 7) is 1.81. The number of nitriles is 1. The third-order valence-electron chi connectivity index (χ3n) is 1.79. The first kappa shape index (κ1) is 7.95. The second kappa shape index (κ2) is 2.68. The molecule has 0 spiro atoms. The molecule has 0 aliphatic heterocycles. The van der Waals surface area contributed by atoms with Gasteiger partial charge in [0.2, 0.25) is 0 Å². The standard InChI is InChI=1S/C8H6N4S/c1-4-11-6-5(2-9)3-10-7(6)8(13)12-4/h3,10H,1H3,(H,11,12,13). The zero-order valence-electron chi connectivity index (χ0n) is 6.88. The molecule has 0 amide bonds. The molecule has 2 N–H and O–H groups in total. The van der Waals surface area contributed by atoms with E-state index in [1.807, 2.05) is 6.92 Å². The average Bonchev–Trinajstić information content (AvgIpc) is 2.47. The van der Waals surface area contributed by atoms with E-state index >= 15 is 0 Å². The van der Waals surface area contributed by atoms with Crippen LogP contribution < -0.4 is 0 Å². The molecule has 0 saturated heterocycles. The molecule has 5 heteroatoms. The van der Waals surface area contributed by atoms with E-state index < -0.39 is 0 Å². The zero-order valence-corrected chi connectivity index (χ0v) is 7.70. The molecule has 0 aliphatic rings. The Morgan fingerprint density at radius 3 is 3.00 bits per heavy atom. The first-order valence-electron chi connectivity index (χ1n) is 3.70. The van der Waals surface area contributed by atoms with Crippen molar-refractivity contribution >= 4 is 23.3 Å². The molecule has 0 fully saturated rings. The van der Waals surface area contributed by atoms with Crippen LogP contribution in [0.2, 0.25) is 0 Å². The fourth-order valence-electron chi connectivity index (χ4n) is 1.23. The number of hydrogen-bond donors (Lipinski definition) is 2. The van der Waals surface area contributed by atoms with E-state index in [0.717, 1.165) is 11.0 Å². The van der Waals surface area contributed by atoms with Gasteiger partial charge in [0.15, 0.2) is 4.64 Å². The lowest BCUT2D eigenvalue weighted by Crippen LogP contribution is -1.88. The molecule has 2 rings (SSSR count). The van der Waals surface area contributed by atoms with Crippen molar-refractivity contribution in [2.45, 2.75) is 6.92 Å². The minimum absolute atomic E-state index is 0.493. The van der Waals surface area contributed by atoms with Crippen molar-refractivity contribution in [3.05, 3.63) is 22.2 Å². The van der Waals surface area contributed by atoms with Crippen LogP contribution in [0.4, 0.5) is 0 Å². The maximum Gasteiger partial charge on any atom is 0.153 e. The van der Waals surface area contributed by atoms with Crippen molar-refractivity contribution < 1.29 is 0 Å². The summed E-state index contributed by atoms with van der Waals surface area (Å²) in [6.07, 6.45) is 1.62. The summed E-state index contributed by atoms with van der Waals surface area (Å²) in [5, 5.41) is 8.76. The van der Waals surface area contributed by atoms with Crippen molar-refractivity contribution in [1.82, 2.24) is 15.0 Å². The van der Waals surface area contributed by atoms with Gasteiger partial charge >= 0.3 is 0 Å². The van der Waals surface area contributed by atoms with Crippen LogP contribution in [0, 0.1) is 22.9 Å². The Bertz CT molecular complexity index is 558. The molecule has 0 bridgehead atoms. The molecule has 0 aromatic carbocycles. The molecule has 4 nitrogen and oxygen atoms in total. The van der Waals surface area contributed by atoms with Crippen LogP contribution in [0.3, 0.4) is 0 Å². The average molecular weight is 190 g/mol. The summed E-state index contributed by atoms with van der Waals surface area (Å²) in [5.74, 6) is 0.716. The highest BCUT2D eigenvalue weighted by molar-refractivity contribution is 7.71. The highest BCUT2D eigenvalue weighted by Gasteiger charge is 2.05. The van der Waals surface area contributed by atoms with Crippen molar-refractivity contribution in [1.29, 1.82) is 5.26 Å². The second-order valence-corrected chi connectivity index (χ2v) is 3.08. The van der Waals surface area contributed by atoms with E-state index in [-0.39, 0.29) is 0 Å². The Morgan fingerprint density at radius 1 is 1.54 bits per heavy atom. The molecule has 0 unspecified atom stereocenters. The fraction of sp³-hybridized carbons (Fsp3) is 0.125. The zero-order chi connectivity index (χ0) is 9.42.